The molecule has 5 heteroatoms. The molecule has 1 fully saturated rings. The fourth-order valence-corrected chi connectivity index (χ4v) is 2.54. The number of likely N-dealkylation sites (tertiary alicyclic amines) is 1. The predicted molar refractivity (Wildman–Crippen MR) is 75.1 cm³/mol. The number of rotatable bonds is 2. The first-order valence-corrected chi connectivity index (χ1v) is 6.73. The third-order valence-electron chi connectivity index (χ3n) is 3.43. The summed E-state index contributed by atoms with van der Waals surface area (Å²) < 4.78 is 0.914. The molecule has 2 heterocycles. The van der Waals surface area contributed by atoms with Crippen molar-refractivity contribution in [2.45, 2.75) is 31.8 Å². The maximum atomic E-state index is 5.94. The number of nitrogen functional groups attached to an aromatic ring is 1. The molecule has 1 aliphatic heterocycles. The van der Waals surface area contributed by atoms with Crippen molar-refractivity contribution in [3.05, 3.63) is 16.7 Å². The second kappa shape index (κ2) is 5.23. The number of nitrogens with zero attached hydrogens (tertiary/aromatic N) is 2. The lowest BCUT2D eigenvalue weighted by Gasteiger charge is -2.35. The van der Waals surface area contributed by atoms with E-state index in [4.69, 9.17) is 5.73 Å². The van der Waals surface area contributed by atoms with Crippen LogP contribution in [0.4, 0.5) is 11.5 Å². The Morgan fingerprint density at radius 3 is 3.00 bits per heavy atom. The van der Waals surface area contributed by atoms with Gasteiger partial charge in [-0.1, -0.05) is 0 Å². The van der Waals surface area contributed by atoms with Crippen LogP contribution < -0.4 is 11.1 Å². The van der Waals surface area contributed by atoms with Crippen molar-refractivity contribution in [1.29, 1.82) is 0 Å². The topological polar surface area (TPSA) is 54.2 Å². The molecule has 0 amide bonds. The highest BCUT2D eigenvalue weighted by atomic mass is 79.9. The van der Waals surface area contributed by atoms with Crippen molar-refractivity contribution < 1.29 is 0 Å². The van der Waals surface area contributed by atoms with Crippen LogP contribution in [0.5, 0.6) is 0 Å². The summed E-state index contributed by atoms with van der Waals surface area (Å²) in [6.07, 6.45) is 4.04. The smallest absolute Gasteiger partial charge is 0.149 e. The minimum absolute atomic E-state index is 0.470. The lowest BCUT2D eigenvalue weighted by molar-refractivity contribution is 0.190. The zero-order chi connectivity index (χ0) is 12.4. The predicted octanol–water partition coefficient (Wildman–Crippen LogP) is 2.32. The van der Waals surface area contributed by atoms with Crippen LogP contribution >= 0.6 is 15.9 Å². The number of aromatic nitrogens is 1. The SMILES string of the molecule is CC1CC(Nc2ncc(Br)cc2N)CCN1C. The van der Waals surface area contributed by atoms with Crippen LogP contribution in [0.1, 0.15) is 19.8 Å². The molecule has 1 aliphatic rings. The van der Waals surface area contributed by atoms with Gasteiger partial charge in [-0.3, -0.25) is 0 Å². The van der Waals surface area contributed by atoms with E-state index in [9.17, 15) is 0 Å². The monoisotopic (exact) mass is 298 g/mol. The van der Waals surface area contributed by atoms with Gasteiger partial charge in [-0.2, -0.15) is 0 Å². The first kappa shape index (κ1) is 12.6. The molecular formula is C12H19BrN4. The van der Waals surface area contributed by atoms with Gasteiger partial charge in [0.15, 0.2) is 0 Å². The van der Waals surface area contributed by atoms with Gasteiger partial charge in [-0.05, 0) is 48.8 Å². The molecule has 1 saturated heterocycles. The van der Waals surface area contributed by atoms with Crippen LogP contribution in [0, 0.1) is 0 Å². The number of piperidine rings is 1. The fourth-order valence-electron chi connectivity index (χ4n) is 2.19. The number of halogens is 1. The van der Waals surface area contributed by atoms with Crippen molar-refractivity contribution >= 4 is 27.4 Å². The minimum Gasteiger partial charge on any atom is -0.396 e. The summed E-state index contributed by atoms with van der Waals surface area (Å²) >= 11 is 3.36. The van der Waals surface area contributed by atoms with Crippen molar-refractivity contribution in [1.82, 2.24) is 9.88 Å². The van der Waals surface area contributed by atoms with Crippen LogP contribution in [0.2, 0.25) is 0 Å². The van der Waals surface area contributed by atoms with Gasteiger partial charge >= 0.3 is 0 Å². The number of hydrogen-bond acceptors (Lipinski definition) is 4. The van der Waals surface area contributed by atoms with E-state index in [1.165, 1.54) is 0 Å². The quantitative estimate of drug-likeness (QED) is 0.880. The van der Waals surface area contributed by atoms with Crippen LogP contribution in [-0.4, -0.2) is 35.6 Å². The summed E-state index contributed by atoms with van der Waals surface area (Å²) in [6, 6.07) is 2.96. The summed E-state index contributed by atoms with van der Waals surface area (Å²) in [5, 5.41) is 3.44. The van der Waals surface area contributed by atoms with Gasteiger partial charge in [0.1, 0.15) is 5.82 Å². The van der Waals surface area contributed by atoms with Gasteiger partial charge in [0.25, 0.3) is 0 Å². The second-order valence-electron chi connectivity index (χ2n) is 4.79. The maximum absolute atomic E-state index is 5.94. The molecule has 94 valence electrons. The number of pyridine rings is 1. The van der Waals surface area contributed by atoms with E-state index in [-0.39, 0.29) is 0 Å². The number of nitrogens with one attached hydrogen (secondary N) is 1. The lowest BCUT2D eigenvalue weighted by Crippen LogP contribution is -2.42. The highest BCUT2D eigenvalue weighted by molar-refractivity contribution is 9.10. The fraction of sp³-hybridized carbons (Fsp3) is 0.583. The average Bonchev–Trinajstić information content (AvgIpc) is 2.27. The Morgan fingerprint density at radius 2 is 2.35 bits per heavy atom. The molecule has 2 unspecified atom stereocenters. The summed E-state index contributed by atoms with van der Waals surface area (Å²) in [5.41, 5.74) is 6.64. The Bertz CT molecular complexity index is 396. The molecule has 4 nitrogen and oxygen atoms in total. The third-order valence-corrected chi connectivity index (χ3v) is 3.87. The summed E-state index contributed by atoms with van der Waals surface area (Å²) in [4.78, 5) is 6.70. The van der Waals surface area contributed by atoms with Crippen LogP contribution in [0.3, 0.4) is 0 Å². The van der Waals surface area contributed by atoms with Crippen LogP contribution in [-0.2, 0) is 0 Å². The summed E-state index contributed by atoms with van der Waals surface area (Å²) in [6.45, 7) is 3.38. The van der Waals surface area contributed by atoms with Gasteiger partial charge in [0.05, 0.1) is 5.69 Å². The van der Waals surface area contributed by atoms with Crippen LogP contribution in [0.15, 0.2) is 16.7 Å². The first-order valence-electron chi connectivity index (χ1n) is 5.94. The molecule has 0 radical (unpaired) electrons. The molecule has 17 heavy (non-hydrogen) atoms. The normalized spacial score (nSPS) is 25.8. The molecular weight excluding hydrogens is 280 g/mol. The summed E-state index contributed by atoms with van der Waals surface area (Å²) in [5.74, 6) is 0.801. The minimum atomic E-state index is 0.470. The van der Waals surface area contributed by atoms with E-state index < -0.39 is 0 Å². The lowest BCUT2D eigenvalue weighted by atomic mass is 9.99. The van der Waals surface area contributed by atoms with Gasteiger partial charge in [0, 0.05) is 29.3 Å². The standard InChI is InChI=1S/C12H19BrN4/c1-8-5-10(3-4-17(8)2)16-12-11(14)6-9(13)7-15-12/h6-8,10H,3-5,14H2,1-2H3,(H,15,16). The Hall–Kier alpha value is -0.810. The second-order valence-corrected chi connectivity index (χ2v) is 5.70. The third kappa shape index (κ3) is 3.10. The Morgan fingerprint density at radius 1 is 1.59 bits per heavy atom. The van der Waals surface area contributed by atoms with Gasteiger partial charge in [0.2, 0.25) is 0 Å². The first-order chi connectivity index (χ1) is 8.06. The highest BCUT2D eigenvalue weighted by Crippen LogP contribution is 2.24. The molecule has 2 atom stereocenters. The molecule has 0 spiro atoms. The molecule has 0 aliphatic carbocycles. The van der Waals surface area contributed by atoms with Crippen molar-refractivity contribution in [2.75, 3.05) is 24.6 Å². The zero-order valence-corrected chi connectivity index (χ0v) is 11.9. The van der Waals surface area contributed by atoms with E-state index >= 15 is 0 Å². The molecule has 0 aromatic carbocycles. The van der Waals surface area contributed by atoms with E-state index in [0.717, 1.165) is 29.7 Å². The molecule has 0 bridgehead atoms. The maximum Gasteiger partial charge on any atom is 0.149 e. The number of anilines is 2. The molecule has 1 aromatic heterocycles. The van der Waals surface area contributed by atoms with Gasteiger partial charge in [-0.25, -0.2) is 4.98 Å². The summed E-state index contributed by atoms with van der Waals surface area (Å²) in [7, 11) is 2.17. The molecule has 2 rings (SSSR count). The van der Waals surface area contributed by atoms with Crippen molar-refractivity contribution in [2.24, 2.45) is 0 Å². The van der Waals surface area contributed by atoms with E-state index in [2.05, 4.69) is 45.1 Å². The molecule has 0 saturated carbocycles. The van der Waals surface area contributed by atoms with Crippen molar-refractivity contribution in [3.8, 4) is 0 Å². The van der Waals surface area contributed by atoms with E-state index in [1.54, 1.807) is 6.20 Å². The van der Waals surface area contributed by atoms with Gasteiger partial charge < -0.3 is 16.0 Å². The highest BCUT2D eigenvalue weighted by Gasteiger charge is 2.23. The molecule has 1 aromatic rings. The molecule has 3 N–H and O–H groups in total. The number of hydrogen-bond donors (Lipinski definition) is 2. The largest absolute Gasteiger partial charge is 0.396 e. The average molecular weight is 299 g/mol. The number of nitrogens with two attached hydrogens (primary N) is 1. The Kier molecular flexibility index (Phi) is 3.89. The van der Waals surface area contributed by atoms with Crippen LogP contribution in [0.25, 0.3) is 0 Å². The Balaban J connectivity index is 2.01. The van der Waals surface area contributed by atoms with Gasteiger partial charge in [-0.15, -0.1) is 0 Å². The Labute approximate surface area is 111 Å². The van der Waals surface area contributed by atoms with E-state index in [0.29, 0.717) is 17.8 Å². The van der Waals surface area contributed by atoms with E-state index in [1.807, 2.05) is 6.07 Å². The zero-order valence-electron chi connectivity index (χ0n) is 10.3. The van der Waals surface area contributed by atoms with Crippen molar-refractivity contribution in [3.63, 3.8) is 0 Å².